The number of rotatable bonds is 6. The SMILES string of the molecule is CCC1C(=O)NC(C(C)C)C(=O)N1CCCC1CCCO1. The third-order valence-electron chi connectivity index (χ3n) is 4.53. The average Bonchev–Trinajstić information content (AvgIpc) is 2.95. The zero-order valence-electron chi connectivity index (χ0n) is 13.4. The van der Waals surface area contributed by atoms with Gasteiger partial charge in [-0.3, -0.25) is 9.59 Å². The van der Waals surface area contributed by atoms with Crippen molar-refractivity contribution in [2.24, 2.45) is 5.92 Å². The van der Waals surface area contributed by atoms with Gasteiger partial charge in [-0.15, -0.1) is 0 Å². The van der Waals surface area contributed by atoms with Crippen molar-refractivity contribution in [2.45, 2.75) is 71.1 Å². The topological polar surface area (TPSA) is 58.6 Å². The van der Waals surface area contributed by atoms with Crippen molar-refractivity contribution in [1.29, 1.82) is 0 Å². The van der Waals surface area contributed by atoms with Crippen LogP contribution in [0.15, 0.2) is 0 Å². The first-order valence-electron chi connectivity index (χ1n) is 8.27. The number of nitrogens with one attached hydrogen (secondary N) is 1. The summed E-state index contributed by atoms with van der Waals surface area (Å²) >= 11 is 0. The summed E-state index contributed by atoms with van der Waals surface area (Å²) < 4.78 is 5.62. The second kappa shape index (κ2) is 7.25. The van der Waals surface area contributed by atoms with Gasteiger partial charge in [0.15, 0.2) is 0 Å². The Hall–Kier alpha value is -1.10. The first-order chi connectivity index (χ1) is 10.0. The molecule has 2 heterocycles. The molecule has 2 saturated heterocycles. The summed E-state index contributed by atoms with van der Waals surface area (Å²) in [7, 11) is 0. The van der Waals surface area contributed by atoms with E-state index in [0.29, 0.717) is 19.1 Å². The van der Waals surface area contributed by atoms with Crippen LogP contribution in [0.3, 0.4) is 0 Å². The molecule has 21 heavy (non-hydrogen) atoms. The molecular formula is C16H28N2O3. The number of ether oxygens (including phenoxy) is 1. The Morgan fingerprint density at radius 1 is 1.38 bits per heavy atom. The van der Waals surface area contributed by atoms with Crippen LogP contribution in [0.2, 0.25) is 0 Å². The van der Waals surface area contributed by atoms with E-state index >= 15 is 0 Å². The molecule has 0 radical (unpaired) electrons. The Balaban J connectivity index is 1.94. The van der Waals surface area contributed by atoms with Crippen molar-refractivity contribution in [3.05, 3.63) is 0 Å². The summed E-state index contributed by atoms with van der Waals surface area (Å²) in [5, 5.41) is 2.87. The molecule has 2 aliphatic rings. The highest BCUT2D eigenvalue weighted by molar-refractivity contribution is 5.97. The maximum Gasteiger partial charge on any atom is 0.246 e. The number of amides is 2. The average molecular weight is 296 g/mol. The van der Waals surface area contributed by atoms with Crippen LogP contribution >= 0.6 is 0 Å². The van der Waals surface area contributed by atoms with Gasteiger partial charge in [0.1, 0.15) is 12.1 Å². The van der Waals surface area contributed by atoms with E-state index in [2.05, 4.69) is 5.32 Å². The minimum Gasteiger partial charge on any atom is -0.378 e. The second-order valence-electron chi connectivity index (χ2n) is 6.46. The predicted molar refractivity (Wildman–Crippen MR) is 80.8 cm³/mol. The van der Waals surface area contributed by atoms with E-state index in [-0.39, 0.29) is 29.8 Å². The highest BCUT2D eigenvalue weighted by Crippen LogP contribution is 2.21. The highest BCUT2D eigenvalue weighted by atomic mass is 16.5. The van der Waals surface area contributed by atoms with Crippen LogP contribution in [0.5, 0.6) is 0 Å². The van der Waals surface area contributed by atoms with Crippen LogP contribution in [0, 0.1) is 5.92 Å². The molecule has 0 spiro atoms. The van der Waals surface area contributed by atoms with E-state index in [9.17, 15) is 9.59 Å². The Morgan fingerprint density at radius 2 is 2.14 bits per heavy atom. The van der Waals surface area contributed by atoms with Crippen LogP contribution in [-0.4, -0.2) is 48.1 Å². The molecular weight excluding hydrogens is 268 g/mol. The summed E-state index contributed by atoms with van der Waals surface area (Å²) in [6.45, 7) is 7.43. The lowest BCUT2D eigenvalue weighted by Gasteiger charge is -2.40. The Bertz CT molecular complexity index is 378. The molecule has 2 amide bonds. The Morgan fingerprint density at radius 3 is 2.71 bits per heavy atom. The molecule has 2 rings (SSSR count). The number of carbonyl (C=O) groups is 2. The quantitative estimate of drug-likeness (QED) is 0.812. The zero-order valence-corrected chi connectivity index (χ0v) is 13.4. The van der Waals surface area contributed by atoms with Gasteiger partial charge in [-0.2, -0.15) is 0 Å². The summed E-state index contributed by atoms with van der Waals surface area (Å²) in [5.74, 6) is 0.191. The van der Waals surface area contributed by atoms with E-state index < -0.39 is 0 Å². The maximum absolute atomic E-state index is 12.6. The van der Waals surface area contributed by atoms with E-state index in [4.69, 9.17) is 4.74 Å². The molecule has 2 aliphatic heterocycles. The summed E-state index contributed by atoms with van der Waals surface area (Å²) in [6, 6.07) is -0.681. The lowest BCUT2D eigenvalue weighted by atomic mass is 9.96. The smallest absolute Gasteiger partial charge is 0.246 e. The number of carbonyl (C=O) groups excluding carboxylic acids is 2. The van der Waals surface area contributed by atoms with E-state index in [1.807, 2.05) is 20.8 Å². The fourth-order valence-electron chi connectivity index (χ4n) is 3.27. The molecule has 3 atom stereocenters. The van der Waals surface area contributed by atoms with Gasteiger partial charge < -0.3 is 15.0 Å². The van der Waals surface area contributed by atoms with Crippen molar-refractivity contribution in [2.75, 3.05) is 13.2 Å². The highest BCUT2D eigenvalue weighted by Gasteiger charge is 2.40. The van der Waals surface area contributed by atoms with Gasteiger partial charge in [-0.05, 0) is 38.0 Å². The second-order valence-corrected chi connectivity index (χ2v) is 6.46. The van der Waals surface area contributed by atoms with Gasteiger partial charge in [-0.25, -0.2) is 0 Å². The van der Waals surface area contributed by atoms with Crippen molar-refractivity contribution in [3.63, 3.8) is 0 Å². The molecule has 3 unspecified atom stereocenters. The molecule has 0 aromatic heterocycles. The molecule has 0 bridgehead atoms. The van der Waals surface area contributed by atoms with E-state index in [0.717, 1.165) is 32.3 Å². The van der Waals surface area contributed by atoms with Crippen LogP contribution in [0.1, 0.15) is 52.9 Å². The van der Waals surface area contributed by atoms with Gasteiger partial charge in [0, 0.05) is 13.2 Å². The fourth-order valence-corrected chi connectivity index (χ4v) is 3.27. The van der Waals surface area contributed by atoms with Crippen LogP contribution in [0.25, 0.3) is 0 Å². The maximum atomic E-state index is 12.6. The number of hydrogen-bond donors (Lipinski definition) is 1. The van der Waals surface area contributed by atoms with Crippen LogP contribution in [-0.2, 0) is 14.3 Å². The summed E-state index contributed by atoms with van der Waals surface area (Å²) in [5.41, 5.74) is 0. The van der Waals surface area contributed by atoms with Gasteiger partial charge in [-0.1, -0.05) is 20.8 Å². The van der Waals surface area contributed by atoms with Crippen molar-refractivity contribution >= 4 is 11.8 Å². The van der Waals surface area contributed by atoms with E-state index in [1.165, 1.54) is 0 Å². The van der Waals surface area contributed by atoms with Gasteiger partial charge in [0.2, 0.25) is 11.8 Å². The molecule has 1 N–H and O–H groups in total. The molecule has 5 nitrogen and oxygen atoms in total. The third-order valence-corrected chi connectivity index (χ3v) is 4.53. The van der Waals surface area contributed by atoms with Crippen molar-refractivity contribution in [1.82, 2.24) is 10.2 Å². The Kier molecular flexibility index (Phi) is 5.62. The molecule has 0 aliphatic carbocycles. The molecule has 0 aromatic rings. The third kappa shape index (κ3) is 3.76. The monoisotopic (exact) mass is 296 g/mol. The molecule has 0 aromatic carbocycles. The molecule has 5 heteroatoms. The summed E-state index contributed by atoms with van der Waals surface area (Å²) in [6.07, 6.45) is 5.17. The Labute approximate surface area is 127 Å². The number of hydrogen-bond acceptors (Lipinski definition) is 3. The van der Waals surface area contributed by atoms with Crippen LogP contribution < -0.4 is 5.32 Å². The first-order valence-corrected chi connectivity index (χ1v) is 8.27. The van der Waals surface area contributed by atoms with E-state index in [1.54, 1.807) is 4.90 Å². The number of nitrogens with zero attached hydrogens (tertiary/aromatic N) is 1. The largest absolute Gasteiger partial charge is 0.378 e. The normalized spacial score (nSPS) is 30.1. The van der Waals surface area contributed by atoms with Crippen molar-refractivity contribution in [3.8, 4) is 0 Å². The predicted octanol–water partition coefficient (Wildman–Crippen LogP) is 1.71. The fraction of sp³-hybridized carbons (Fsp3) is 0.875. The van der Waals surface area contributed by atoms with Gasteiger partial charge in [0.05, 0.1) is 6.10 Å². The standard InChI is InChI=1S/C16H28N2O3/c1-4-13-15(19)17-14(11(2)3)16(20)18(13)9-5-7-12-8-6-10-21-12/h11-14H,4-10H2,1-3H3,(H,17,19). The van der Waals surface area contributed by atoms with Gasteiger partial charge in [0.25, 0.3) is 0 Å². The molecule has 120 valence electrons. The molecule has 2 fully saturated rings. The summed E-state index contributed by atoms with van der Waals surface area (Å²) in [4.78, 5) is 26.6. The lowest BCUT2D eigenvalue weighted by molar-refractivity contribution is -0.150. The zero-order chi connectivity index (χ0) is 15.4. The lowest BCUT2D eigenvalue weighted by Crippen LogP contribution is -2.64. The molecule has 0 saturated carbocycles. The van der Waals surface area contributed by atoms with Crippen LogP contribution in [0.4, 0.5) is 0 Å². The number of piperazine rings is 1. The first kappa shape index (κ1) is 16.3. The minimum atomic E-state index is -0.372. The van der Waals surface area contributed by atoms with Gasteiger partial charge >= 0.3 is 0 Å². The van der Waals surface area contributed by atoms with Crippen molar-refractivity contribution < 1.29 is 14.3 Å². The minimum absolute atomic E-state index is 0.00656.